The van der Waals surface area contributed by atoms with Gasteiger partial charge in [0.05, 0.1) is 9.92 Å². The summed E-state index contributed by atoms with van der Waals surface area (Å²) in [6.07, 6.45) is 1.68. The van der Waals surface area contributed by atoms with E-state index in [0.29, 0.717) is 24.8 Å². The fraction of sp³-hybridized carbons (Fsp3) is 0.300. The minimum absolute atomic E-state index is 0.0136. The maximum atomic E-state index is 13.6. The number of nitrogens with one attached hydrogen (secondary N) is 1. The van der Waals surface area contributed by atoms with Gasteiger partial charge >= 0.3 is 0 Å². The van der Waals surface area contributed by atoms with Crippen LogP contribution in [-0.2, 0) is 14.8 Å². The Morgan fingerprint density at radius 1 is 1.14 bits per heavy atom. The molecule has 6 nitrogen and oxygen atoms in total. The third-order valence-corrected chi connectivity index (χ3v) is 7.04. The molecule has 3 rings (SSSR count). The van der Waals surface area contributed by atoms with Gasteiger partial charge in [-0.15, -0.1) is 0 Å². The molecule has 2 aromatic carbocycles. The first-order valence-corrected chi connectivity index (χ1v) is 10.9. The fourth-order valence-electron chi connectivity index (χ4n) is 3.25. The van der Waals surface area contributed by atoms with Crippen molar-refractivity contribution in [3.8, 4) is 0 Å². The summed E-state index contributed by atoms with van der Waals surface area (Å²) < 4.78 is 41.0. The van der Waals surface area contributed by atoms with E-state index < -0.39 is 27.8 Å². The molecule has 1 N–H and O–H groups in total. The molecule has 2 aromatic rings. The number of benzene rings is 2. The second kappa shape index (κ2) is 8.61. The van der Waals surface area contributed by atoms with Crippen molar-refractivity contribution < 1.29 is 22.4 Å². The molecule has 0 saturated carbocycles. The summed E-state index contributed by atoms with van der Waals surface area (Å²) in [6.45, 7) is 1.60. The van der Waals surface area contributed by atoms with E-state index in [1.807, 2.05) is 0 Å². The molecule has 1 fully saturated rings. The van der Waals surface area contributed by atoms with Gasteiger partial charge < -0.3 is 5.32 Å². The first-order chi connectivity index (χ1) is 13.7. The number of rotatable bonds is 5. The number of piperidine rings is 1. The van der Waals surface area contributed by atoms with Gasteiger partial charge in [0.15, 0.2) is 5.78 Å². The number of amides is 1. The van der Waals surface area contributed by atoms with Gasteiger partial charge in [0.2, 0.25) is 15.9 Å². The van der Waals surface area contributed by atoms with E-state index in [4.69, 9.17) is 11.6 Å². The van der Waals surface area contributed by atoms with Gasteiger partial charge in [-0.3, -0.25) is 9.59 Å². The average Bonchev–Trinajstić information content (AvgIpc) is 2.70. The normalized spacial score (nSPS) is 17.7. The highest BCUT2D eigenvalue weighted by molar-refractivity contribution is 7.89. The average molecular weight is 439 g/mol. The molecule has 1 aliphatic heterocycles. The van der Waals surface area contributed by atoms with Crippen molar-refractivity contribution in [1.82, 2.24) is 4.31 Å². The monoisotopic (exact) mass is 438 g/mol. The molecule has 0 aromatic heterocycles. The maximum absolute atomic E-state index is 13.6. The van der Waals surface area contributed by atoms with Crippen molar-refractivity contribution in [1.29, 1.82) is 0 Å². The Labute approximate surface area is 173 Å². The van der Waals surface area contributed by atoms with Crippen LogP contribution in [0, 0.1) is 5.82 Å². The summed E-state index contributed by atoms with van der Waals surface area (Å²) in [6, 6.07) is 8.57. The number of ketones is 1. The van der Waals surface area contributed by atoms with Crippen molar-refractivity contribution in [2.24, 2.45) is 0 Å². The Morgan fingerprint density at radius 3 is 2.45 bits per heavy atom. The minimum Gasteiger partial charge on any atom is -0.325 e. The molecule has 154 valence electrons. The number of carbonyl (C=O) groups is 2. The zero-order valence-corrected chi connectivity index (χ0v) is 17.3. The van der Waals surface area contributed by atoms with Crippen molar-refractivity contribution in [2.45, 2.75) is 37.1 Å². The Morgan fingerprint density at radius 2 is 1.83 bits per heavy atom. The predicted octanol–water partition coefficient (Wildman–Crippen LogP) is 3.86. The number of nitrogens with zero attached hydrogens (tertiary/aromatic N) is 1. The maximum Gasteiger partial charge on any atom is 0.243 e. The Kier molecular flexibility index (Phi) is 6.36. The summed E-state index contributed by atoms with van der Waals surface area (Å²) in [5.41, 5.74) is 0.604. The molecule has 1 amide bonds. The molecular weight excluding hydrogens is 419 g/mol. The molecule has 29 heavy (non-hydrogen) atoms. The van der Waals surface area contributed by atoms with Crippen LogP contribution in [0.3, 0.4) is 0 Å². The molecule has 1 heterocycles. The molecule has 0 spiro atoms. The number of hydrogen-bond donors (Lipinski definition) is 1. The minimum atomic E-state index is -3.94. The van der Waals surface area contributed by atoms with Crippen molar-refractivity contribution in [3.63, 3.8) is 0 Å². The third-order valence-electron chi connectivity index (χ3n) is 4.81. The summed E-state index contributed by atoms with van der Waals surface area (Å²) in [5.74, 6) is -1.38. The van der Waals surface area contributed by atoms with Crippen LogP contribution >= 0.6 is 11.6 Å². The lowest BCUT2D eigenvalue weighted by molar-refractivity contribution is -0.120. The van der Waals surface area contributed by atoms with E-state index in [9.17, 15) is 22.4 Å². The third kappa shape index (κ3) is 4.66. The van der Waals surface area contributed by atoms with Crippen LogP contribution in [0.2, 0.25) is 5.02 Å². The summed E-state index contributed by atoms with van der Waals surface area (Å²) in [4.78, 5) is 24.2. The fourth-order valence-corrected chi connectivity index (χ4v) is 5.03. The molecule has 1 atom stereocenters. The lowest BCUT2D eigenvalue weighted by atomic mass is 10.0. The van der Waals surface area contributed by atoms with Gasteiger partial charge in [-0.05, 0) is 50.1 Å². The van der Waals surface area contributed by atoms with Gasteiger partial charge in [-0.25, -0.2) is 12.8 Å². The number of carbonyl (C=O) groups excluding carboxylic acids is 2. The first-order valence-electron chi connectivity index (χ1n) is 9.09. The Hall–Kier alpha value is -2.29. The van der Waals surface area contributed by atoms with E-state index >= 15 is 0 Å². The van der Waals surface area contributed by atoms with Gasteiger partial charge in [-0.2, -0.15) is 4.31 Å². The van der Waals surface area contributed by atoms with Gasteiger partial charge in [0.1, 0.15) is 11.9 Å². The van der Waals surface area contributed by atoms with E-state index in [1.54, 1.807) is 0 Å². The van der Waals surface area contributed by atoms with Crippen LogP contribution in [0.25, 0.3) is 0 Å². The van der Waals surface area contributed by atoms with Gasteiger partial charge in [0.25, 0.3) is 0 Å². The largest absolute Gasteiger partial charge is 0.325 e. The highest BCUT2D eigenvalue weighted by atomic mass is 35.5. The molecule has 1 saturated heterocycles. The quantitative estimate of drug-likeness (QED) is 0.718. The van der Waals surface area contributed by atoms with E-state index in [0.717, 1.165) is 6.07 Å². The molecule has 9 heteroatoms. The zero-order valence-electron chi connectivity index (χ0n) is 15.7. The number of sulfonamides is 1. The number of hydrogen-bond acceptors (Lipinski definition) is 4. The SMILES string of the molecule is CC(=O)c1ccc(S(=O)(=O)N2CCCCC2C(=O)Nc2ccc(Cl)c(F)c2)cc1. The number of anilines is 1. The molecular formula is C20H20ClFN2O4S. The lowest BCUT2D eigenvalue weighted by Crippen LogP contribution is -2.49. The smallest absolute Gasteiger partial charge is 0.243 e. The second-order valence-corrected chi connectivity index (χ2v) is 9.12. The van der Waals surface area contributed by atoms with Crippen molar-refractivity contribution in [3.05, 3.63) is 58.9 Å². The van der Waals surface area contributed by atoms with Crippen LogP contribution in [0.4, 0.5) is 10.1 Å². The highest BCUT2D eigenvalue weighted by Crippen LogP contribution is 2.27. The van der Waals surface area contributed by atoms with Crippen LogP contribution in [0.5, 0.6) is 0 Å². The molecule has 0 bridgehead atoms. The van der Waals surface area contributed by atoms with E-state index in [-0.39, 0.29) is 27.9 Å². The lowest BCUT2D eigenvalue weighted by Gasteiger charge is -2.33. The topological polar surface area (TPSA) is 83.6 Å². The number of Topliss-reactive ketones (excluding diaryl/α,β-unsaturated/α-hetero) is 1. The van der Waals surface area contributed by atoms with Crippen LogP contribution < -0.4 is 5.32 Å². The molecule has 0 radical (unpaired) electrons. The van der Waals surface area contributed by atoms with E-state index in [1.165, 1.54) is 47.6 Å². The van der Waals surface area contributed by atoms with Crippen LogP contribution in [0.15, 0.2) is 47.4 Å². The number of halogens is 2. The summed E-state index contributed by atoms with van der Waals surface area (Å²) in [7, 11) is -3.94. The van der Waals surface area contributed by atoms with Crippen molar-refractivity contribution in [2.75, 3.05) is 11.9 Å². The first kappa shape index (κ1) is 21.4. The van der Waals surface area contributed by atoms with Gasteiger partial charge in [-0.1, -0.05) is 30.2 Å². The predicted molar refractivity (Wildman–Crippen MR) is 108 cm³/mol. The summed E-state index contributed by atoms with van der Waals surface area (Å²) in [5, 5.41) is 2.50. The zero-order chi connectivity index (χ0) is 21.2. The molecule has 0 aliphatic carbocycles. The Bertz CT molecular complexity index is 1040. The van der Waals surface area contributed by atoms with E-state index in [2.05, 4.69) is 5.32 Å². The van der Waals surface area contributed by atoms with Crippen molar-refractivity contribution >= 4 is 39.0 Å². The van der Waals surface area contributed by atoms with Gasteiger partial charge in [0, 0.05) is 17.8 Å². The highest BCUT2D eigenvalue weighted by Gasteiger charge is 2.37. The second-order valence-electron chi connectivity index (χ2n) is 6.83. The molecule has 1 unspecified atom stereocenters. The van der Waals surface area contributed by atoms with Crippen LogP contribution in [-0.4, -0.2) is 37.0 Å². The Balaban J connectivity index is 1.85. The standard InChI is InChI=1S/C20H20ClFN2O4S/c1-13(25)14-5-8-16(9-6-14)29(27,28)24-11-3-2-4-19(24)20(26)23-15-7-10-17(21)18(22)12-15/h5-10,12,19H,2-4,11H2,1H3,(H,23,26). The molecule has 1 aliphatic rings. The van der Waals surface area contributed by atoms with Crippen LogP contribution in [0.1, 0.15) is 36.5 Å². The summed E-state index contributed by atoms with van der Waals surface area (Å²) >= 11 is 5.65.